The molecule has 0 N–H and O–H groups in total. The molecule has 1 aliphatic heterocycles. The van der Waals surface area contributed by atoms with E-state index in [-0.39, 0.29) is 5.91 Å². The van der Waals surface area contributed by atoms with Gasteiger partial charge in [-0.25, -0.2) is 4.98 Å². The van der Waals surface area contributed by atoms with E-state index in [0.29, 0.717) is 23.9 Å². The first-order valence-corrected chi connectivity index (χ1v) is 11.7. The summed E-state index contributed by atoms with van der Waals surface area (Å²) in [7, 11) is 0. The van der Waals surface area contributed by atoms with Gasteiger partial charge in [0.2, 0.25) is 5.91 Å². The van der Waals surface area contributed by atoms with Crippen molar-refractivity contribution in [1.82, 2.24) is 24.6 Å². The average molecular weight is 457 g/mol. The minimum absolute atomic E-state index is 0.111. The first kappa shape index (κ1) is 21.6. The van der Waals surface area contributed by atoms with Crippen LogP contribution in [-0.2, 0) is 11.3 Å². The molecule has 1 amide bonds. The molecule has 31 heavy (non-hydrogen) atoms. The largest absolute Gasteiger partial charge is 0.352 e. The Balaban J connectivity index is 1.36. The van der Waals surface area contributed by atoms with Gasteiger partial charge in [-0.2, -0.15) is 0 Å². The smallest absolute Gasteiger partial charge is 0.233 e. The third kappa shape index (κ3) is 4.85. The number of carbonyl (C=O) groups excluding carboxylic acids is 1. The van der Waals surface area contributed by atoms with Crippen LogP contribution in [0.5, 0.6) is 0 Å². The Morgan fingerprint density at radius 2 is 1.94 bits per heavy atom. The minimum Gasteiger partial charge on any atom is -0.352 e. The summed E-state index contributed by atoms with van der Waals surface area (Å²) in [6.07, 6.45) is 1.74. The zero-order valence-corrected chi connectivity index (χ0v) is 19.2. The zero-order chi connectivity index (χ0) is 21.8. The highest BCUT2D eigenvalue weighted by atomic mass is 35.5. The minimum atomic E-state index is 0.111. The lowest BCUT2D eigenvalue weighted by Gasteiger charge is -2.35. The van der Waals surface area contributed by atoms with E-state index in [1.165, 1.54) is 17.3 Å². The number of halogens is 1. The van der Waals surface area contributed by atoms with Gasteiger partial charge in [0.15, 0.2) is 11.0 Å². The van der Waals surface area contributed by atoms with Crippen molar-refractivity contribution >= 4 is 35.1 Å². The summed E-state index contributed by atoms with van der Waals surface area (Å²) in [5, 5.41) is 10.1. The Bertz CT molecular complexity index is 1060. The van der Waals surface area contributed by atoms with Crippen molar-refractivity contribution in [3.63, 3.8) is 0 Å². The summed E-state index contributed by atoms with van der Waals surface area (Å²) in [5.74, 6) is 2.07. The number of anilines is 1. The molecule has 0 radical (unpaired) electrons. The summed E-state index contributed by atoms with van der Waals surface area (Å²) in [4.78, 5) is 21.2. The van der Waals surface area contributed by atoms with E-state index in [9.17, 15) is 4.79 Å². The van der Waals surface area contributed by atoms with Gasteiger partial charge in [0, 0.05) is 44.5 Å². The number of hydrogen-bond donors (Lipinski definition) is 0. The molecule has 0 atom stereocenters. The van der Waals surface area contributed by atoms with E-state index >= 15 is 0 Å². The number of aromatic nitrogens is 4. The Kier molecular flexibility index (Phi) is 6.77. The van der Waals surface area contributed by atoms with Crippen LogP contribution in [0.15, 0.2) is 47.8 Å². The molecule has 1 aliphatic rings. The van der Waals surface area contributed by atoms with Crippen LogP contribution in [0.1, 0.15) is 12.5 Å². The highest BCUT2D eigenvalue weighted by molar-refractivity contribution is 7.99. The fourth-order valence-electron chi connectivity index (χ4n) is 3.67. The number of aryl methyl sites for hydroxylation is 1. The fourth-order valence-corrected chi connectivity index (χ4v) is 4.82. The van der Waals surface area contributed by atoms with Gasteiger partial charge in [-0.15, -0.1) is 10.2 Å². The molecule has 1 saturated heterocycles. The van der Waals surface area contributed by atoms with Gasteiger partial charge in [-0.05, 0) is 32.0 Å². The number of pyridine rings is 1. The molecular weight excluding hydrogens is 432 g/mol. The molecule has 0 saturated carbocycles. The van der Waals surface area contributed by atoms with Gasteiger partial charge in [0.1, 0.15) is 5.82 Å². The third-order valence-corrected chi connectivity index (χ3v) is 6.55. The molecule has 162 valence electrons. The Labute approximate surface area is 191 Å². The molecule has 3 heterocycles. The number of benzene rings is 1. The van der Waals surface area contributed by atoms with Crippen LogP contribution in [0.4, 0.5) is 5.82 Å². The van der Waals surface area contributed by atoms with E-state index in [4.69, 9.17) is 11.6 Å². The van der Waals surface area contributed by atoms with Crippen LogP contribution < -0.4 is 4.90 Å². The maximum Gasteiger partial charge on any atom is 0.233 e. The Morgan fingerprint density at radius 1 is 1.13 bits per heavy atom. The van der Waals surface area contributed by atoms with Gasteiger partial charge >= 0.3 is 0 Å². The molecule has 7 nitrogen and oxygen atoms in total. The van der Waals surface area contributed by atoms with Crippen LogP contribution in [-0.4, -0.2) is 62.5 Å². The van der Waals surface area contributed by atoms with E-state index in [1.54, 1.807) is 6.20 Å². The molecule has 3 aromatic rings. The van der Waals surface area contributed by atoms with E-state index in [2.05, 4.69) is 50.6 Å². The lowest BCUT2D eigenvalue weighted by molar-refractivity contribution is -0.128. The van der Waals surface area contributed by atoms with Crippen molar-refractivity contribution in [2.75, 3.05) is 36.8 Å². The highest BCUT2D eigenvalue weighted by Crippen LogP contribution is 2.26. The number of rotatable bonds is 6. The molecule has 0 spiro atoms. The molecule has 4 rings (SSSR count). The first-order chi connectivity index (χ1) is 15.1. The quantitative estimate of drug-likeness (QED) is 0.526. The zero-order valence-electron chi connectivity index (χ0n) is 17.7. The van der Waals surface area contributed by atoms with Crippen molar-refractivity contribution in [2.24, 2.45) is 0 Å². The molecule has 9 heteroatoms. The predicted octanol–water partition coefficient (Wildman–Crippen LogP) is 3.76. The van der Waals surface area contributed by atoms with Crippen LogP contribution in [0, 0.1) is 6.92 Å². The molecule has 0 unspecified atom stereocenters. The van der Waals surface area contributed by atoms with Crippen molar-refractivity contribution in [3.8, 4) is 11.4 Å². The van der Waals surface area contributed by atoms with Crippen LogP contribution in [0.3, 0.4) is 0 Å². The summed E-state index contributed by atoms with van der Waals surface area (Å²) in [6.45, 7) is 7.62. The predicted molar refractivity (Wildman–Crippen MR) is 125 cm³/mol. The Hall–Kier alpha value is -2.58. The second kappa shape index (κ2) is 9.70. The van der Waals surface area contributed by atoms with E-state index in [1.807, 2.05) is 29.2 Å². The number of carbonyl (C=O) groups is 1. The summed E-state index contributed by atoms with van der Waals surface area (Å²) >= 11 is 7.70. The monoisotopic (exact) mass is 456 g/mol. The van der Waals surface area contributed by atoms with Crippen molar-refractivity contribution < 1.29 is 4.79 Å². The SMILES string of the molecule is CCn1c(SCC(=O)N2CCN(c3ncccc3Cl)CC2)nnc1-c1cccc(C)c1. The number of nitrogens with zero attached hydrogens (tertiary/aromatic N) is 6. The maximum absolute atomic E-state index is 12.8. The van der Waals surface area contributed by atoms with E-state index < -0.39 is 0 Å². The molecular formula is C22H25ClN6OS. The Morgan fingerprint density at radius 3 is 2.65 bits per heavy atom. The highest BCUT2D eigenvalue weighted by Gasteiger charge is 2.24. The lowest BCUT2D eigenvalue weighted by atomic mass is 10.1. The number of thioether (sulfide) groups is 1. The van der Waals surface area contributed by atoms with Gasteiger partial charge in [-0.1, -0.05) is 47.1 Å². The van der Waals surface area contributed by atoms with Gasteiger partial charge in [-0.3, -0.25) is 4.79 Å². The molecule has 0 bridgehead atoms. The van der Waals surface area contributed by atoms with Crippen LogP contribution in [0.25, 0.3) is 11.4 Å². The second-order valence-electron chi connectivity index (χ2n) is 7.39. The van der Waals surface area contributed by atoms with Crippen LogP contribution >= 0.6 is 23.4 Å². The van der Waals surface area contributed by atoms with Crippen molar-refractivity contribution in [3.05, 3.63) is 53.2 Å². The van der Waals surface area contributed by atoms with Gasteiger partial charge in [0.05, 0.1) is 10.8 Å². The molecule has 1 aromatic carbocycles. The number of amides is 1. The van der Waals surface area contributed by atoms with Gasteiger partial charge in [0.25, 0.3) is 0 Å². The van der Waals surface area contributed by atoms with Crippen molar-refractivity contribution in [2.45, 2.75) is 25.5 Å². The number of hydrogen-bond acceptors (Lipinski definition) is 6. The molecule has 1 fully saturated rings. The van der Waals surface area contributed by atoms with Gasteiger partial charge < -0.3 is 14.4 Å². The molecule has 2 aromatic heterocycles. The average Bonchev–Trinajstić information content (AvgIpc) is 3.21. The van der Waals surface area contributed by atoms with Crippen molar-refractivity contribution in [1.29, 1.82) is 0 Å². The topological polar surface area (TPSA) is 67.2 Å². The van der Waals surface area contributed by atoms with E-state index in [0.717, 1.165) is 42.0 Å². The first-order valence-electron chi connectivity index (χ1n) is 10.3. The lowest BCUT2D eigenvalue weighted by Crippen LogP contribution is -2.49. The number of piperazine rings is 1. The summed E-state index contributed by atoms with van der Waals surface area (Å²) in [6, 6.07) is 11.9. The normalized spacial score (nSPS) is 14.2. The molecule has 0 aliphatic carbocycles. The maximum atomic E-state index is 12.8. The third-order valence-electron chi connectivity index (χ3n) is 5.31. The second-order valence-corrected chi connectivity index (χ2v) is 8.73. The summed E-state index contributed by atoms with van der Waals surface area (Å²) < 4.78 is 2.06. The summed E-state index contributed by atoms with van der Waals surface area (Å²) in [5.41, 5.74) is 2.22. The van der Waals surface area contributed by atoms with Crippen LogP contribution in [0.2, 0.25) is 5.02 Å². The standard InChI is InChI=1S/C22H25ClN6OS/c1-3-29-20(17-7-4-6-16(2)14-17)25-26-22(29)31-15-19(30)27-10-12-28(13-11-27)21-18(23)8-5-9-24-21/h4-9,14H,3,10-13,15H2,1-2H3. The fraction of sp³-hybridized carbons (Fsp3) is 0.364.